The van der Waals surface area contributed by atoms with Crippen LogP contribution in [0.2, 0.25) is 5.15 Å². The van der Waals surface area contributed by atoms with Crippen LogP contribution in [-0.4, -0.2) is 42.4 Å². The monoisotopic (exact) mass is 254 g/mol. The van der Waals surface area contributed by atoms with Gasteiger partial charge in [-0.2, -0.15) is 0 Å². The Morgan fingerprint density at radius 1 is 1.47 bits per heavy atom. The lowest BCUT2D eigenvalue weighted by Crippen LogP contribution is -2.16. The minimum Gasteiger partial charge on any atom is -0.394 e. The van der Waals surface area contributed by atoms with Gasteiger partial charge in [0.2, 0.25) is 0 Å². The average molecular weight is 255 g/mol. The van der Waals surface area contributed by atoms with Crippen molar-refractivity contribution in [3.63, 3.8) is 0 Å². The van der Waals surface area contributed by atoms with E-state index in [0.717, 1.165) is 6.42 Å². The van der Waals surface area contributed by atoms with E-state index in [9.17, 15) is 5.11 Å². The normalized spacial score (nSPS) is 25.1. The van der Waals surface area contributed by atoms with Gasteiger partial charge in [0.05, 0.1) is 19.0 Å². The molecule has 2 N–H and O–H groups in total. The molecule has 3 rings (SSSR count). The highest BCUT2D eigenvalue weighted by atomic mass is 35.5. The molecule has 17 heavy (non-hydrogen) atoms. The van der Waals surface area contributed by atoms with Crippen molar-refractivity contribution in [1.82, 2.24) is 19.5 Å². The average Bonchev–Trinajstić information content (AvgIpc) is 3.01. The Bertz CT molecular complexity index is 558. The van der Waals surface area contributed by atoms with Crippen LogP contribution in [0.1, 0.15) is 12.5 Å². The second-order valence-electron chi connectivity index (χ2n) is 4.21. The van der Waals surface area contributed by atoms with Crippen molar-refractivity contribution in [1.29, 1.82) is 0 Å². The number of hydrogen-bond acceptors (Lipinski definition) is 5. The van der Waals surface area contributed by atoms with Gasteiger partial charge < -0.3 is 14.8 Å². The summed E-state index contributed by atoms with van der Waals surface area (Å²) >= 11 is 5.91. The fourth-order valence-electron chi connectivity index (χ4n) is 2.14. The molecule has 0 bridgehead atoms. The molecule has 1 fully saturated rings. The number of rotatable bonds is 3. The predicted molar refractivity (Wildman–Crippen MR) is 60.6 cm³/mol. The van der Waals surface area contributed by atoms with Gasteiger partial charge >= 0.3 is 0 Å². The number of imidazole rings is 1. The SMILES string of the molecule is OCC(O)C1CC1n1cnc2c(Cl)ncnc21. The van der Waals surface area contributed by atoms with Gasteiger partial charge in [-0.05, 0) is 6.42 Å². The highest BCUT2D eigenvalue weighted by molar-refractivity contribution is 6.33. The lowest BCUT2D eigenvalue weighted by molar-refractivity contribution is 0.0742. The second kappa shape index (κ2) is 3.90. The molecule has 0 amide bonds. The van der Waals surface area contributed by atoms with Gasteiger partial charge in [0.1, 0.15) is 11.8 Å². The van der Waals surface area contributed by atoms with Crippen LogP contribution in [0.15, 0.2) is 12.7 Å². The lowest BCUT2D eigenvalue weighted by Gasteiger charge is -2.06. The Morgan fingerprint density at radius 3 is 3.06 bits per heavy atom. The van der Waals surface area contributed by atoms with Crippen molar-refractivity contribution < 1.29 is 10.2 Å². The van der Waals surface area contributed by atoms with Crippen LogP contribution in [0.3, 0.4) is 0 Å². The van der Waals surface area contributed by atoms with Crippen molar-refractivity contribution in [2.75, 3.05) is 6.61 Å². The summed E-state index contributed by atoms with van der Waals surface area (Å²) in [5.41, 5.74) is 1.24. The highest BCUT2D eigenvalue weighted by Crippen LogP contribution is 2.46. The first-order valence-electron chi connectivity index (χ1n) is 5.34. The molecule has 3 atom stereocenters. The summed E-state index contributed by atoms with van der Waals surface area (Å²) in [6, 6.07) is 0.133. The molecule has 3 unspecified atom stereocenters. The number of aliphatic hydroxyl groups is 2. The maximum atomic E-state index is 9.55. The fourth-order valence-corrected chi connectivity index (χ4v) is 2.31. The Hall–Kier alpha value is -1.24. The topological polar surface area (TPSA) is 84.1 Å². The molecule has 2 aromatic rings. The number of hydrogen-bond donors (Lipinski definition) is 2. The second-order valence-corrected chi connectivity index (χ2v) is 4.56. The summed E-state index contributed by atoms with van der Waals surface area (Å²) in [5.74, 6) is 0.0612. The molecule has 2 aromatic heterocycles. The Labute approximate surface area is 102 Å². The van der Waals surface area contributed by atoms with E-state index >= 15 is 0 Å². The van der Waals surface area contributed by atoms with Gasteiger partial charge in [-0.1, -0.05) is 11.6 Å². The first-order valence-corrected chi connectivity index (χ1v) is 5.72. The van der Waals surface area contributed by atoms with E-state index in [1.165, 1.54) is 6.33 Å². The Morgan fingerprint density at radius 2 is 2.29 bits per heavy atom. The molecule has 0 saturated heterocycles. The minimum atomic E-state index is -0.685. The molecule has 0 aromatic carbocycles. The first-order chi connectivity index (χ1) is 8.22. The quantitative estimate of drug-likeness (QED) is 0.775. The van der Waals surface area contributed by atoms with Crippen molar-refractivity contribution in [2.45, 2.75) is 18.6 Å². The standard InChI is InChI=1S/C10H11ClN4O2/c11-9-8-10(13-3-12-9)15(4-14-8)6-1-5(6)7(17)2-16/h3-7,16-17H,1-2H2. The smallest absolute Gasteiger partial charge is 0.165 e. The van der Waals surface area contributed by atoms with Crippen LogP contribution in [0, 0.1) is 5.92 Å². The van der Waals surface area contributed by atoms with E-state index in [1.807, 2.05) is 4.57 Å². The molecule has 0 spiro atoms. The summed E-state index contributed by atoms with van der Waals surface area (Å²) in [6.45, 7) is -0.219. The van der Waals surface area contributed by atoms with Gasteiger partial charge in [-0.15, -0.1) is 0 Å². The molecular formula is C10H11ClN4O2. The van der Waals surface area contributed by atoms with Crippen molar-refractivity contribution in [3.8, 4) is 0 Å². The minimum absolute atomic E-state index is 0.0612. The summed E-state index contributed by atoms with van der Waals surface area (Å²) in [4.78, 5) is 12.2. The van der Waals surface area contributed by atoms with Gasteiger partial charge in [0, 0.05) is 12.0 Å². The van der Waals surface area contributed by atoms with Crippen LogP contribution in [-0.2, 0) is 0 Å². The molecule has 1 saturated carbocycles. The zero-order chi connectivity index (χ0) is 12.0. The number of halogens is 1. The molecule has 2 heterocycles. The largest absolute Gasteiger partial charge is 0.394 e. The Kier molecular flexibility index (Phi) is 2.50. The van der Waals surface area contributed by atoms with Gasteiger partial charge in [-0.3, -0.25) is 0 Å². The van der Waals surface area contributed by atoms with E-state index in [-0.39, 0.29) is 18.6 Å². The van der Waals surface area contributed by atoms with Gasteiger partial charge in [0.15, 0.2) is 10.8 Å². The van der Waals surface area contributed by atoms with Crippen LogP contribution >= 0.6 is 11.6 Å². The summed E-state index contributed by atoms with van der Waals surface area (Å²) in [7, 11) is 0. The summed E-state index contributed by atoms with van der Waals surface area (Å²) < 4.78 is 1.88. The maximum absolute atomic E-state index is 9.55. The number of aliphatic hydroxyl groups excluding tert-OH is 2. The van der Waals surface area contributed by atoms with Crippen LogP contribution in [0.5, 0.6) is 0 Å². The molecule has 0 aliphatic heterocycles. The zero-order valence-corrected chi connectivity index (χ0v) is 9.62. The van der Waals surface area contributed by atoms with Crippen molar-refractivity contribution >= 4 is 22.8 Å². The fraction of sp³-hybridized carbons (Fsp3) is 0.500. The first kappa shape index (κ1) is 10.9. The number of nitrogens with zero attached hydrogens (tertiary/aromatic N) is 4. The van der Waals surface area contributed by atoms with E-state index in [4.69, 9.17) is 16.7 Å². The van der Waals surface area contributed by atoms with Crippen LogP contribution in [0.25, 0.3) is 11.2 Å². The molecule has 1 aliphatic rings. The van der Waals surface area contributed by atoms with E-state index in [0.29, 0.717) is 16.3 Å². The summed E-state index contributed by atoms with van der Waals surface area (Å²) in [6.07, 6.45) is 3.17. The van der Waals surface area contributed by atoms with Crippen molar-refractivity contribution in [2.24, 2.45) is 5.92 Å². The molecular weight excluding hydrogens is 244 g/mol. The molecule has 6 nitrogen and oxygen atoms in total. The zero-order valence-electron chi connectivity index (χ0n) is 8.86. The molecule has 1 aliphatic carbocycles. The third kappa shape index (κ3) is 1.69. The van der Waals surface area contributed by atoms with E-state index < -0.39 is 6.10 Å². The molecule has 7 heteroatoms. The Balaban J connectivity index is 1.95. The lowest BCUT2D eigenvalue weighted by atomic mass is 10.2. The van der Waals surface area contributed by atoms with E-state index in [2.05, 4.69) is 15.0 Å². The van der Waals surface area contributed by atoms with E-state index in [1.54, 1.807) is 6.33 Å². The summed E-state index contributed by atoms with van der Waals surface area (Å²) in [5, 5.41) is 18.8. The third-order valence-electron chi connectivity index (χ3n) is 3.16. The number of aromatic nitrogens is 4. The molecule has 90 valence electrons. The predicted octanol–water partition coefficient (Wildman–Crippen LogP) is 0.394. The van der Waals surface area contributed by atoms with Gasteiger partial charge in [0.25, 0.3) is 0 Å². The van der Waals surface area contributed by atoms with Crippen LogP contribution in [0.4, 0.5) is 0 Å². The maximum Gasteiger partial charge on any atom is 0.165 e. The highest BCUT2D eigenvalue weighted by Gasteiger charge is 2.44. The molecule has 0 radical (unpaired) electrons. The van der Waals surface area contributed by atoms with Crippen molar-refractivity contribution in [3.05, 3.63) is 17.8 Å². The number of fused-ring (bicyclic) bond motifs is 1. The van der Waals surface area contributed by atoms with Crippen LogP contribution < -0.4 is 0 Å². The van der Waals surface area contributed by atoms with Gasteiger partial charge in [-0.25, -0.2) is 15.0 Å². The third-order valence-corrected chi connectivity index (χ3v) is 3.43.